The number of carbonyl (C=O) groups is 3. The van der Waals surface area contributed by atoms with Gasteiger partial charge in [0.2, 0.25) is 11.9 Å². The summed E-state index contributed by atoms with van der Waals surface area (Å²) < 4.78 is 9.03. The van der Waals surface area contributed by atoms with E-state index in [9.17, 15) is 14.4 Å². The van der Waals surface area contributed by atoms with E-state index in [2.05, 4.69) is 36.5 Å². The lowest BCUT2D eigenvalue weighted by atomic mass is 10.2. The Morgan fingerprint density at radius 1 is 1.00 bits per heavy atom. The molecule has 2 aromatic carbocycles. The number of ether oxygens (including phenoxy) is 2. The molecule has 0 aromatic heterocycles. The van der Waals surface area contributed by atoms with Gasteiger partial charge >= 0.3 is 12.2 Å². The molecule has 0 spiro atoms. The summed E-state index contributed by atoms with van der Waals surface area (Å²) in [7, 11) is 2.30. The van der Waals surface area contributed by atoms with Gasteiger partial charge < -0.3 is 20.1 Å². The molecule has 0 aliphatic rings. The van der Waals surface area contributed by atoms with E-state index in [1.165, 1.54) is 11.8 Å². The van der Waals surface area contributed by atoms with E-state index in [1.807, 2.05) is 12.1 Å². The van der Waals surface area contributed by atoms with Crippen molar-refractivity contribution in [3.05, 3.63) is 48.0 Å². The second kappa shape index (κ2) is 12.0. The molecule has 0 heterocycles. The molecule has 11 heteroatoms. The summed E-state index contributed by atoms with van der Waals surface area (Å²) in [5.74, 6) is -0.482. The second-order valence-electron chi connectivity index (χ2n) is 6.02. The lowest BCUT2D eigenvalue weighted by Crippen LogP contribution is -2.36. The van der Waals surface area contributed by atoms with E-state index in [-0.39, 0.29) is 18.3 Å². The first-order valence-corrected chi connectivity index (χ1v) is 10.1. The minimum absolute atomic E-state index is 0.235. The van der Waals surface area contributed by atoms with Gasteiger partial charge in [0, 0.05) is 16.2 Å². The normalized spacial score (nSPS) is 10.5. The predicted octanol–water partition coefficient (Wildman–Crippen LogP) is 3.95. The highest BCUT2D eigenvalue weighted by atomic mass is 32.2. The van der Waals surface area contributed by atoms with Crippen LogP contribution in [0.4, 0.5) is 21.0 Å². The zero-order valence-electron chi connectivity index (χ0n) is 17.6. The third-order valence-electron chi connectivity index (χ3n) is 3.84. The van der Waals surface area contributed by atoms with Crippen LogP contribution in [0.3, 0.4) is 0 Å². The van der Waals surface area contributed by atoms with E-state index in [4.69, 9.17) is 5.26 Å². The molecule has 0 saturated carbocycles. The number of hydrogen-bond donors (Lipinski definition) is 3. The Morgan fingerprint density at radius 3 is 2.28 bits per heavy atom. The highest BCUT2D eigenvalue weighted by molar-refractivity contribution is 7.99. The maximum Gasteiger partial charge on any atom is 0.436 e. The van der Waals surface area contributed by atoms with Gasteiger partial charge in [0.15, 0.2) is 0 Å². The topological polar surface area (TPSA) is 142 Å². The molecule has 0 unspecified atom stereocenters. The van der Waals surface area contributed by atoms with Crippen molar-refractivity contribution >= 4 is 47.2 Å². The van der Waals surface area contributed by atoms with Crippen LogP contribution in [-0.4, -0.2) is 38.3 Å². The van der Waals surface area contributed by atoms with Gasteiger partial charge in [-0.2, -0.15) is 5.26 Å². The number of benzene rings is 2. The van der Waals surface area contributed by atoms with Gasteiger partial charge in [0.1, 0.15) is 0 Å². The van der Waals surface area contributed by atoms with Crippen LogP contribution >= 0.6 is 11.8 Å². The molecule has 0 atom stereocenters. The predicted molar refractivity (Wildman–Crippen MR) is 120 cm³/mol. The summed E-state index contributed by atoms with van der Waals surface area (Å²) >= 11 is 1.43. The van der Waals surface area contributed by atoms with Gasteiger partial charge in [-0.25, -0.2) is 9.59 Å². The Balaban J connectivity index is 2.35. The molecular formula is C21H21N5O5S. The van der Waals surface area contributed by atoms with Crippen molar-refractivity contribution in [3.8, 4) is 6.07 Å². The zero-order valence-corrected chi connectivity index (χ0v) is 18.4. The first kappa shape index (κ1) is 24.2. The SMILES string of the molecule is CCC(=O)Nc1cc(Sc2ccc(C#N)cc2)ccc1NC(=NC(=O)OC)NC(=O)OC. The van der Waals surface area contributed by atoms with Crippen LogP contribution < -0.4 is 16.0 Å². The molecule has 0 fully saturated rings. The molecule has 32 heavy (non-hydrogen) atoms. The van der Waals surface area contributed by atoms with Crippen LogP contribution in [0.5, 0.6) is 0 Å². The number of anilines is 2. The first-order valence-electron chi connectivity index (χ1n) is 9.29. The number of guanidine groups is 1. The molecule has 0 bridgehead atoms. The monoisotopic (exact) mass is 455 g/mol. The number of nitrogens with zero attached hydrogens (tertiary/aromatic N) is 2. The van der Waals surface area contributed by atoms with Gasteiger partial charge in [0.25, 0.3) is 0 Å². The Morgan fingerprint density at radius 2 is 1.69 bits per heavy atom. The molecule has 2 rings (SSSR count). The quantitative estimate of drug-likeness (QED) is 0.454. The summed E-state index contributed by atoms with van der Waals surface area (Å²) in [5, 5.41) is 16.8. The Bertz CT molecular complexity index is 1060. The van der Waals surface area contributed by atoms with Gasteiger partial charge in [-0.3, -0.25) is 10.1 Å². The number of rotatable bonds is 5. The fraction of sp³-hybridized carbons (Fsp3) is 0.190. The summed E-state index contributed by atoms with van der Waals surface area (Å²) in [6.45, 7) is 1.71. The number of aliphatic imine (C=N–C) groups is 1. The maximum atomic E-state index is 12.0. The van der Waals surface area contributed by atoms with Crippen molar-refractivity contribution in [1.29, 1.82) is 5.26 Å². The number of carbonyl (C=O) groups excluding carboxylic acids is 3. The smallest absolute Gasteiger partial charge is 0.436 e. The average molecular weight is 455 g/mol. The van der Waals surface area contributed by atoms with E-state index in [1.54, 1.807) is 37.3 Å². The lowest BCUT2D eigenvalue weighted by molar-refractivity contribution is -0.115. The number of alkyl carbamates (subject to hydrolysis) is 1. The van der Waals surface area contributed by atoms with Crippen LogP contribution in [0.25, 0.3) is 0 Å². The van der Waals surface area contributed by atoms with Crippen molar-refractivity contribution in [3.63, 3.8) is 0 Å². The standard InChI is InChI=1S/C21H21N5O5S/c1-4-18(27)23-17-11-15(32-14-7-5-13(12-22)6-8-14)9-10-16(17)24-19(25-20(28)30-2)26-21(29)31-3/h5-11H,4H2,1-3H3,(H,23,27)(H2,24,25,26,28,29). The molecule has 3 N–H and O–H groups in total. The van der Waals surface area contributed by atoms with Crippen LogP contribution in [0.15, 0.2) is 57.2 Å². The van der Waals surface area contributed by atoms with E-state index in [0.717, 1.165) is 24.0 Å². The molecule has 0 radical (unpaired) electrons. The van der Waals surface area contributed by atoms with Gasteiger partial charge in [-0.05, 0) is 42.5 Å². The largest absolute Gasteiger partial charge is 0.453 e. The van der Waals surface area contributed by atoms with Crippen LogP contribution in [-0.2, 0) is 14.3 Å². The number of amides is 3. The molecule has 0 saturated heterocycles. The number of nitriles is 1. The summed E-state index contributed by atoms with van der Waals surface area (Å²) in [5.41, 5.74) is 1.33. The van der Waals surface area contributed by atoms with Gasteiger partial charge in [0.05, 0.1) is 37.2 Å². The van der Waals surface area contributed by atoms with Crippen LogP contribution in [0.2, 0.25) is 0 Å². The average Bonchev–Trinajstić information content (AvgIpc) is 2.80. The van der Waals surface area contributed by atoms with E-state index >= 15 is 0 Å². The van der Waals surface area contributed by atoms with Crippen molar-refractivity contribution in [1.82, 2.24) is 5.32 Å². The number of methoxy groups -OCH3 is 2. The third kappa shape index (κ3) is 7.33. The minimum Gasteiger partial charge on any atom is -0.453 e. The van der Waals surface area contributed by atoms with Crippen molar-refractivity contribution in [2.24, 2.45) is 4.99 Å². The summed E-state index contributed by atoms with van der Waals surface area (Å²) in [6.07, 6.45) is -1.56. The van der Waals surface area contributed by atoms with E-state index < -0.39 is 12.2 Å². The highest BCUT2D eigenvalue weighted by Crippen LogP contribution is 2.33. The maximum absolute atomic E-state index is 12.0. The van der Waals surface area contributed by atoms with Gasteiger partial charge in [-0.1, -0.05) is 18.7 Å². The molecule has 0 aliphatic heterocycles. The van der Waals surface area contributed by atoms with Crippen molar-refractivity contribution < 1.29 is 23.9 Å². The first-order chi connectivity index (χ1) is 15.4. The number of nitrogens with one attached hydrogen (secondary N) is 3. The number of hydrogen-bond acceptors (Lipinski definition) is 7. The van der Waals surface area contributed by atoms with Gasteiger partial charge in [-0.15, -0.1) is 4.99 Å². The minimum atomic E-state index is -0.948. The Hall–Kier alpha value is -4.04. The summed E-state index contributed by atoms with van der Waals surface area (Å²) in [6, 6.07) is 14.3. The molecular weight excluding hydrogens is 434 g/mol. The molecule has 2 aromatic rings. The molecule has 10 nitrogen and oxygen atoms in total. The van der Waals surface area contributed by atoms with E-state index in [0.29, 0.717) is 16.9 Å². The van der Waals surface area contributed by atoms with Crippen molar-refractivity contribution in [2.75, 3.05) is 24.9 Å². The zero-order chi connectivity index (χ0) is 23.5. The second-order valence-corrected chi connectivity index (χ2v) is 7.17. The van der Waals surface area contributed by atoms with Crippen LogP contribution in [0.1, 0.15) is 18.9 Å². The highest BCUT2D eigenvalue weighted by Gasteiger charge is 2.14. The molecule has 166 valence electrons. The Labute approximate surface area is 189 Å². The summed E-state index contributed by atoms with van der Waals surface area (Å²) in [4.78, 5) is 40.5. The van der Waals surface area contributed by atoms with Crippen molar-refractivity contribution in [2.45, 2.75) is 23.1 Å². The third-order valence-corrected chi connectivity index (χ3v) is 4.84. The fourth-order valence-electron chi connectivity index (χ4n) is 2.27. The molecule has 3 amide bonds. The Kier molecular flexibility index (Phi) is 9.06. The van der Waals surface area contributed by atoms with Crippen LogP contribution in [0, 0.1) is 11.3 Å². The fourth-order valence-corrected chi connectivity index (χ4v) is 3.13. The lowest BCUT2D eigenvalue weighted by Gasteiger charge is -2.16. The molecule has 0 aliphatic carbocycles.